The van der Waals surface area contributed by atoms with Gasteiger partial charge in [0.25, 0.3) is 5.56 Å². The summed E-state index contributed by atoms with van der Waals surface area (Å²) in [6.07, 6.45) is 3.42. The fourth-order valence-electron chi connectivity index (χ4n) is 1.41. The third kappa shape index (κ3) is 1.41. The van der Waals surface area contributed by atoms with Crippen LogP contribution in [0.3, 0.4) is 0 Å². The highest BCUT2D eigenvalue weighted by atomic mass is 16.1. The summed E-state index contributed by atoms with van der Waals surface area (Å²) in [6.45, 7) is 4.21. The largest absolute Gasteiger partial charge is 0.327 e. The van der Waals surface area contributed by atoms with Gasteiger partial charge < -0.3 is 4.98 Å². The maximum absolute atomic E-state index is 11.3. The zero-order valence-electron chi connectivity index (χ0n) is 8.24. The van der Waals surface area contributed by atoms with E-state index in [0.29, 0.717) is 11.4 Å². The molecule has 0 fully saturated rings. The molecule has 0 spiro atoms. The molecule has 0 aliphatic heterocycles. The summed E-state index contributed by atoms with van der Waals surface area (Å²) in [4.78, 5) is 18.1. The van der Waals surface area contributed by atoms with E-state index in [4.69, 9.17) is 0 Å². The third-order valence-corrected chi connectivity index (χ3v) is 2.30. The molecule has 2 rings (SSSR count). The zero-order chi connectivity index (χ0) is 10.1. The molecule has 0 aliphatic carbocycles. The number of hydrogen-bond donors (Lipinski definition) is 1. The molecule has 2 aromatic heterocycles. The average Bonchev–Trinajstić information content (AvgIpc) is 2.17. The second-order valence-corrected chi connectivity index (χ2v) is 3.67. The molecule has 0 atom stereocenters. The number of fused-ring (bicyclic) bond motifs is 1. The van der Waals surface area contributed by atoms with E-state index in [1.165, 1.54) is 0 Å². The smallest absolute Gasteiger partial charge is 0.274 e. The van der Waals surface area contributed by atoms with Crippen LogP contribution in [-0.4, -0.2) is 9.97 Å². The number of hydrogen-bond acceptors (Lipinski definition) is 2. The van der Waals surface area contributed by atoms with Crippen molar-refractivity contribution in [3.05, 3.63) is 40.4 Å². The van der Waals surface area contributed by atoms with Crippen molar-refractivity contribution >= 4 is 10.9 Å². The van der Waals surface area contributed by atoms with Gasteiger partial charge in [-0.15, -0.1) is 0 Å². The third-order valence-electron chi connectivity index (χ3n) is 2.30. The van der Waals surface area contributed by atoms with Gasteiger partial charge in [-0.05, 0) is 23.6 Å². The minimum atomic E-state index is -0.127. The Hall–Kier alpha value is -1.64. The van der Waals surface area contributed by atoms with E-state index in [0.717, 1.165) is 10.9 Å². The first-order valence-electron chi connectivity index (χ1n) is 4.66. The SMILES string of the molecule is CC(C)c1cnc2c(=O)[nH]ccc2c1. The van der Waals surface area contributed by atoms with Gasteiger partial charge in [-0.3, -0.25) is 9.78 Å². The van der Waals surface area contributed by atoms with E-state index >= 15 is 0 Å². The number of pyridine rings is 2. The standard InChI is InChI=1S/C11H12N2O/c1-7(2)9-5-8-3-4-12-11(14)10(8)13-6-9/h3-7H,1-2H3,(H,12,14). The van der Waals surface area contributed by atoms with Crippen molar-refractivity contribution in [3.63, 3.8) is 0 Å². The minimum absolute atomic E-state index is 0.127. The predicted molar refractivity (Wildman–Crippen MR) is 56.5 cm³/mol. The molecule has 0 aliphatic rings. The maximum Gasteiger partial charge on any atom is 0.274 e. The van der Waals surface area contributed by atoms with Crippen LogP contribution < -0.4 is 5.56 Å². The van der Waals surface area contributed by atoms with E-state index in [1.54, 1.807) is 12.4 Å². The Bertz CT molecular complexity index is 514. The lowest BCUT2D eigenvalue weighted by molar-refractivity contribution is 0.861. The van der Waals surface area contributed by atoms with Crippen molar-refractivity contribution in [2.45, 2.75) is 19.8 Å². The number of aromatic amines is 1. The lowest BCUT2D eigenvalue weighted by Gasteiger charge is -2.04. The topological polar surface area (TPSA) is 45.8 Å². The second kappa shape index (κ2) is 3.25. The predicted octanol–water partition coefficient (Wildman–Crippen LogP) is 2.05. The van der Waals surface area contributed by atoms with Crippen LogP contribution in [0.5, 0.6) is 0 Å². The first-order chi connectivity index (χ1) is 6.68. The van der Waals surface area contributed by atoms with Crippen LogP contribution in [0.4, 0.5) is 0 Å². The Kier molecular flexibility index (Phi) is 2.08. The quantitative estimate of drug-likeness (QED) is 0.744. The summed E-state index contributed by atoms with van der Waals surface area (Å²) in [5, 5.41) is 0.903. The van der Waals surface area contributed by atoms with Gasteiger partial charge in [0, 0.05) is 17.8 Å². The Morgan fingerprint density at radius 1 is 1.43 bits per heavy atom. The number of H-pyrrole nitrogens is 1. The fraction of sp³-hybridized carbons (Fsp3) is 0.273. The van der Waals surface area contributed by atoms with Crippen molar-refractivity contribution < 1.29 is 0 Å². The molecule has 1 N–H and O–H groups in total. The first-order valence-corrected chi connectivity index (χ1v) is 4.66. The van der Waals surface area contributed by atoms with E-state index in [1.807, 2.05) is 12.1 Å². The molecule has 72 valence electrons. The molecular weight excluding hydrogens is 176 g/mol. The van der Waals surface area contributed by atoms with Crippen LogP contribution in [0.25, 0.3) is 10.9 Å². The van der Waals surface area contributed by atoms with Crippen LogP contribution in [0.2, 0.25) is 0 Å². The summed E-state index contributed by atoms with van der Waals surface area (Å²) >= 11 is 0. The normalized spacial score (nSPS) is 11.1. The van der Waals surface area contributed by atoms with Gasteiger partial charge in [-0.25, -0.2) is 0 Å². The fourth-order valence-corrected chi connectivity index (χ4v) is 1.41. The highest BCUT2D eigenvalue weighted by Crippen LogP contribution is 2.16. The van der Waals surface area contributed by atoms with Crippen molar-refractivity contribution in [2.24, 2.45) is 0 Å². The number of nitrogens with one attached hydrogen (secondary N) is 1. The van der Waals surface area contributed by atoms with E-state index in [9.17, 15) is 4.79 Å². The minimum Gasteiger partial charge on any atom is -0.327 e. The Morgan fingerprint density at radius 3 is 2.93 bits per heavy atom. The Balaban J connectivity index is 2.74. The van der Waals surface area contributed by atoms with E-state index in [2.05, 4.69) is 23.8 Å². The molecule has 2 aromatic rings. The summed E-state index contributed by atoms with van der Waals surface area (Å²) in [5.41, 5.74) is 1.54. The van der Waals surface area contributed by atoms with Crippen LogP contribution in [-0.2, 0) is 0 Å². The van der Waals surface area contributed by atoms with Gasteiger partial charge in [0.05, 0.1) is 0 Å². The lowest BCUT2D eigenvalue weighted by Crippen LogP contribution is -2.06. The average molecular weight is 188 g/mol. The summed E-state index contributed by atoms with van der Waals surface area (Å²) in [6, 6.07) is 3.89. The summed E-state index contributed by atoms with van der Waals surface area (Å²) < 4.78 is 0. The van der Waals surface area contributed by atoms with Crippen molar-refractivity contribution in [3.8, 4) is 0 Å². The molecule has 0 saturated heterocycles. The molecule has 0 radical (unpaired) electrons. The molecule has 3 nitrogen and oxygen atoms in total. The van der Waals surface area contributed by atoms with Gasteiger partial charge in [-0.2, -0.15) is 0 Å². The van der Waals surface area contributed by atoms with Gasteiger partial charge in [0.15, 0.2) is 0 Å². The van der Waals surface area contributed by atoms with Gasteiger partial charge >= 0.3 is 0 Å². The number of aromatic nitrogens is 2. The highest BCUT2D eigenvalue weighted by molar-refractivity contribution is 5.77. The molecule has 0 bridgehead atoms. The Labute approximate surface area is 81.8 Å². The maximum atomic E-state index is 11.3. The summed E-state index contributed by atoms with van der Waals surface area (Å²) in [7, 11) is 0. The molecule has 0 aromatic carbocycles. The zero-order valence-corrected chi connectivity index (χ0v) is 8.24. The number of rotatable bonds is 1. The monoisotopic (exact) mass is 188 g/mol. The molecule has 3 heteroatoms. The number of nitrogens with zero attached hydrogens (tertiary/aromatic N) is 1. The van der Waals surface area contributed by atoms with Crippen LogP contribution in [0.1, 0.15) is 25.3 Å². The lowest BCUT2D eigenvalue weighted by atomic mass is 10.0. The van der Waals surface area contributed by atoms with Crippen LogP contribution in [0, 0.1) is 0 Å². The van der Waals surface area contributed by atoms with Crippen LogP contribution in [0.15, 0.2) is 29.3 Å². The molecule has 0 unspecified atom stereocenters. The Morgan fingerprint density at radius 2 is 2.21 bits per heavy atom. The summed E-state index contributed by atoms with van der Waals surface area (Å²) in [5.74, 6) is 0.436. The highest BCUT2D eigenvalue weighted by Gasteiger charge is 2.03. The van der Waals surface area contributed by atoms with Crippen LogP contribution >= 0.6 is 0 Å². The molecule has 2 heterocycles. The van der Waals surface area contributed by atoms with Crippen molar-refractivity contribution in [2.75, 3.05) is 0 Å². The van der Waals surface area contributed by atoms with Gasteiger partial charge in [0.1, 0.15) is 5.52 Å². The second-order valence-electron chi connectivity index (χ2n) is 3.67. The first kappa shape index (κ1) is 8.94. The van der Waals surface area contributed by atoms with Gasteiger partial charge in [-0.1, -0.05) is 13.8 Å². The molecular formula is C11H12N2O. The van der Waals surface area contributed by atoms with Gasteiger partial charge in [0.2, 0.25) is 0 Å². The molecule has 0 saturated carbocycles. The molecule has 0 amide bonds. The van der Waals surface area contributed by atoms with Crippen molar-refractivity contribution in [1.82, 2.24) is 9.97 Å². The molecule has 14 heavy (non-hydrogen) atoms. The van der Waals surface area contributed by atoms with E-state index < -0.39 is 0 Å². The van der Waals surface area contributed by atoms with E-state index in [-0.39, 0.29) is 5.56 Å². The van der Waals surface area contributed by atoms with Crippen molar-refractivity contribution in [1.29, 1.82) is 0 Å².